The first-order valence-electron chi connectivity index (χ1n) is 8.19. The lowest BCUT2D eigenvalue weighted by atomic mass is 10.1. The van der Waals surface area contributed by atoms with E-state index in [9.17, 15) is 14.5 Å². The molecule has 1 N–H and O–H groups in total. The highest BCUT2D eigenvalue weighted by molar-refractivity contribution is 7.53. The first-order valence-corrected chi connectivity index (χ1v) is 9.92. The molecule has 23 heavy (non-hydrogen) atoms. The van der Waals surface area contributed by atoms with Crippen molar-refractivity contribution < 1.29 is 23.5 Å². The standard InChI is InChI=1S/C17H27O5P/c1-3-5-13-16(17(18)19)22-23(20,21-4-2)14-9-12-15-10-7-6-8-11-15/h6-8,10-11,16H,3-5,9,12-14H2,1-2H3,(H,18,19)/t16-,23?/m1/s1. The normalized spacial score (nSPS) is 15.0. The minimum absolute atomic E-state index is 0.228. The van der Waals surface area contributed by atoms with Crippen LogP contribution < -0.4 is 0 Å². The van der Waals surface area contributed by atoms with E-state index in [0.717, 1.165) is 18.4 Å². The van der Waals surface area contributed by atoms with E-state index in [4.69, 9.17) is 9.05 Å². The van der Waals surface area contributed by atoms with E-state index in [1.807, 2.05) is 37.3 Å². The molecule has 1 aromatic rings. The van der Waals surface area contributed by atoms with Crippen LogP contribution in [-0.2, 0) is 24.8 Å². The maximum atomic E-state index is 12.8. The zero-order valence-electron chi connectivity index (χ0n) is 13.9. The van der Waals surface area contributed by atoms with Gasteiger partial charge < -0.3 is 9.63 Å². The fourth-order valence-corrected chi connectivity index (χ4v) is 4.09. The third kappa shape index (κ3) is 7.78. The van der Waals surface area contributed by atoms with Gasteiger partial charge >= 0.3 is 13.6 Å². The second-order valence-corrected chi connectivity index (χ2v) is 7.55. The van der Waals surface area contributed by atoms with Crippen LogP contribution in [0.15, 0.2) is 30.3 Å². The number of hydrogen-bond acceptors (Lipinski definition) is 4. The fourth-order valence-electron chi connectivity index (χ4n) is 2.27. The summed E-state index contributed by atoms with van der Waals surface area (Å²) in [4.78, 5) is 11.3. The SMILES string of the molecule is CCCC[C@@H](OP(=O)(CCCc1ccccc1)OCC)C(=O)O. The van der Waals surface area contributed by atoms with E-state index >= 15 is 0 Å². The summed E-state index contributed by atoms with van der Waals surface area (Å²) in [6, 6.07) is 9.88. The zero-order valence-corrected chi connectivity index (χ0v) is 14.8. The molecule has 1 unspecified atom stereocenters. The number of aliphatic carboxylic acids is 1. The van der Waals surface area contributed by atoms with Crippen molar-refractivity contribution in [2.45, 2.75) is 52.1 Å². The van der Waals surface area contributed by atoms with Crippen LogP contribution in [0.4, 0.5) is 0 Å². The Kier molecular flexibility index (Phi) is 9.15. The number of carboxylic acids is 1. The average Bonchev–Trinajstić information content (AvgIpc) is 2.52. The van der Waals surface area contributed by atoms with E-state index in [-0.39, 0.29) is 12.8 Å². The number of benzene rings is 1. The molecular weight excluding hydrogens is 315 g/mol. The van der Waals surface area contributed by atoms with Gasteiger partial charge in [-0.15, -0.1) is 0 Å². The summed E-state index contributed by atoms with van der Waals surface area (Å²) in [6.07, 6.45) is 2.47. The number of carbonyl (C=O) groups is 1. The molecule has 0 aliphatic rings. The Morgan fingerprint density at radius 3 is 2.48 bits per heavy atom. The van der Waals surface area contributed by atoms with Crippen molar-refractivity contribution in [3.05, 3.63) is 35.9 Å². The highest BCUT2D eigenvalue weighted by atomic mass is 31.2. The number of carboxylic acid groups (broad SMARTS) is 1. The Hall–Kier alpha value is -1.16. The van der Waals surface area contributed by atoms with Crippen LogP contribution >= 0.6 is 7.60 Å². The predicted molar refractivity (Wildman–Crippen MR) is 90.9 cm³/mol. The molecule has 0 heterocycles. The highest BCUT2D eigenvalue weighted by Gasteiger charge is 2.31. The summed E-state index contributed by atoms with van der Waals surface area (Å²) >= 11 is 0. The van der Waals surface area contributed by atoms with Gasteiger partial charge in [0.25, 0.3) is 0 Å². The van der Waals surface area contributed by atoms with Gasteiger partial charge in [0, 0.05) is 0 Å². The molecule has 0 saturated carbocycles. The lowest BCUT2D eigenvalue weighted by Gasteiger charge is -2.22. The van der Waals surface area contributed by atoms with E-state index in [2.05, 4.69) is 0 Å². The molecule has 0 saturated heterocycles. The van der Waals surface area contributed by atoms with E-state index in [0.29, 0.717) is 19.3 Å². The predicted octanol–water partition coefficient (Wildman–Crippen LogP) is 4.51. The van der Waals surface area contributed by atoms with Crippen molar-refractivity contribution >= 4 is 13.6 Å². The van der Waals surface area contributed by atoms with Gasteiger partial charge in [0.1, 0.15) is 0 Å². The summed E-state index contributed by atoms with van der Waals surface area (Å²) in [5.74, 6) is -1.08. The molecule has 6 heteroatoms. The van der Waals surface area contributed by atoms with E-state index in [1.54, 1.807) is 6.92 Å². The molecular formula is C17H27O5P. The molecule has 0 fully saturated rings. The molecule has 1 aromatic carbocycles. The smallest absolute Gasteiger partial charge is 0.333 e. The van der Waals surface area contributed by atoms with Gasteiger partial charge in [-0.25, -0.2) is 4.79 Å². The molecule has 0 aliphatic heterocycles. The van der Waals surface area contributed by atoms with Gasteiger partial charge in [0.2, 0.25) is 0 Å². The van der Waals surface area contributed by atoms with Crippen LogP contribution in [0.2, 0.25) is 0 Å². The summed E-state index contributed by atoms with van der Waals surface area (Å²) in [5.41, 5.74) is 1.15. The molecule has 1 rings (SSSR count). The van der Waals surface area contributed by atoms with Crippen molar-refractivity contribution in [1.29, 1.82) is 0 Å². The average molecular weight is 342 g/mol. The summed E-state index contributed by atoms with van der Waals surface area (Å²) in [5, 5.41) is 9.23. The minimum Gasteiger partial charge on any atom is -0.479 e. The number of aryl methyl sites for hydroxylation is 1. The van der Waals surface area contributed by atoms with Gasteiger partial charge in [-0.3, -0.25) is 9.09 Å². The Bertz CT molecular complexity index is 503. The van der Waals surface area contributed by atoms with Crippen LogP contribution in [0, 0.1) is 0 Å². The van der Waals surface area contributed by atoms with Crippen molar-refractivity contribution in [3.8, 4) is 0 Å². The van der Waals surface area contributed by atoms with Crippen molar-refractivity contribution in [1.82, 2.24) is 0 Å². The van der Waals surface area contributed by atoms with Gasteiger partial charge in [-0.2, -0.15) is 0 Å². The van der Waals surface area contributed by atoms with Crippen LogP contribution in [0.5, 0.6) is 0 Å². The maximum Gasteiger partial charge on any atom is 0.333 e. The highest BCUT2D eigenvalue weighted by Crippen LogP contribution is 2.50. The second kappa shape index (κ2) is 10.6. The largest absolute Gasteiger partial charge is 0.479 e. The van der Waals surface area contributed by atoms with Crippen LogP contribution in [0.3, 0.4) is 0 Å². The van der Waals surface area contributed by atoms with E-state index < -0.39 is 19.7 Å². The Balaban J connectivity index is 2.61. The topological polar surface area (TPSA) is 72.8 Å². The third-order valence-corrected chi connectivity index (χ3v) is 5.54. The van der Waals surface area contributed by atoms with Crippen molar-refractivity contribution in [3.63, 3.8) is 0 Å². The molecule has 0 amide bonds. The van der Waals surface area contributed by atoms with Crippen molar-refractivity contribution in [2.24, 2.45) is 0 Å². The number of rotatable bonds is 12. The van der Waals surface area contributed by atoms with Gasteiger partial charge in [0.05, 0.1) is 12.8 Å². The van der Waals surface area contributed by atoms with Crippen LogP contribution in [0.1, 0.15) is 45.1 Å². The lowest BCUT2D eigenvalue weighted by molar-refractivity contribution is -0.145. The van der Waals surface area contributed by atoms with Gasteiger partial charge in [-0.1, -0.05) is 50.1 Å². The molecule has 0 spiro atoms. The minimum atomic E-state index is -3.39. The lowest BCUT2D eigenvalue weighted by Crippen LogP contribution is -2.24. The van der Waals surface area contributed by atoms with Crippen molar-refractivity contribution in [2.75, 3.05) is 12.8 Å². The molecule has 2 atom stereocenters. The molecule has 0 aliphatic carbocycles. The van der Waals surface area contributed by atoms with Gasteiger partial charge in [0.15, 0.2) is 6.10 Å². The molecule has 130 valence electrons. The third-order valence-electron chi connectivity index (χ3n) is 3.45. The number of unbranched alkanes of at least 4 members (excludes halogenated alkanes) is 1. The maximum absolute atomic E-state index is 12.8. The summed E-state index contributed by atoms with van der Waals surface area (Å²) in [7, 11) is -3.39. The first-order chi connectivity index (χ1) is 11.0. The summed E-state index contributed by atoms with van der Waals surface area (Å²) in [6.45, 7) is 3.94. The van der Waals surface area contributed by atoms with Crippen LogP contribution in [-0.4, -0.2) is 29.9 Å². The fraction of sp³-hybridized carbons (Fsp3) is 0.588. The Morgan fingerprint density at radius 1 is 1.22 bits per heavy atom. The quantitative estimate of drug-likeness (QED) is 0.566. The zero-order chi connectivity index (χ0) is 17.1. The molecule has 0 radical (unpaired) electrons. The number of hydrogen-bond donors (Lipinski definition) is 1. The first kappa shape index (κ1) is 19.9. The summed E-state index contributed by atoms with van der Waals surface area (Å²) < 4.78 is 23.5. The van der Waals surface area contributed by atoms with E-state index in [1.165, 1.54) is 0 Å². The van der Waals surface area contributed by atoms with Crippen LogP contribution in [0.25, 0.3) is 0 Å². The monoisotopic (exact) mass is 342 g/mol. The Labute approximate surface area is 138 Å². The molecule has 0 bridgehead atoms. The molecule has 0 aromatic heterocycles. The molecule has 5 nitrogen and oxygen atoms in total. The van der Waals surface area contributed by atoms with Gasteiger partial charge in [-0.05, 0) is 31.7 Å². The second-order valence-electron chi connectivity index (χ2n) is 5.42. The Morgan fingerprint density at radius 2 is 1.91 bits per heavy atom.